The van der Waals surface area contributed by atoms with Crippen molar-refractivity contribution in [1.29, 1.82) is 0 Å². The first-order chi connectivity index (χ1) is 9.17. The zero-order valence-corrected chi connectivity index (χ0v) is 13.6. The van der Waals surface area contributed by atoms with Crippen molar-refractivity contribution < 1.29 is 9.53 Å². The van der Waals surface area contributed by atoms with Gasteiger partial charge in [0.25, 0.3) is 0 Å². The summed E-state index contributed by atoms with van der Waals surface area (Å²) in [6.45, 7) is 9.73. The van der Waals surface area contributed by atoms with Crippen LogP contribution in [-0.2, 0) is 11.2 Å². The normalized spacial score (nSPS) is 13.2. The summed E-state index contributed by atoms with van der Waals surface area (Å²) in [6, 6.07) is 7.72. The highest BCUT2D eigenvalue weighted by atomic mass is 35.5. The van der Waals surface area contributed by atoms with Gasteiger partial charge in [-0.15, -0.1) is 0 Å². The number of carbonyl (C=O) groups is 1. The minimum absolute atomic E-state index is 0.0334. The molecule has 0 radical (unpaired) electrons. The van der Waals surface area contributed by atoms with Crippen LogP contribution in [0, 0.1) is 5.92 Å². The maximum absolute atomic E-state index is 11.9. The molecule has 0 aromatic heterocycles. The standard InChI is InChI=1S/C16H24ClNO2/c1-11(2)14(18-15(19)20-16(3,4)5)10-12-6-8-13(17)9-7-12/h6-9,11,14H,10H2,1-5H3,(H,18,19)/t14-/m0/s1. The third-order valence-electron chi connectivity index (χ3n) is 2.88. The summed E-state index contributed by atoms with van der Waals surface area (Å²) in [5.74, 6) is 0.318. The molecular formula is C16H24ClNO2. The van der Waals surface area contributed by atoms with Gasteiger partial charge in [0, 0.05) is 11.1 Å². The molecule has 0 heterocycles. The molecular weight excluding hydrogens is 274 g/mol. The van der Waals surface area contributed by atoms with E-state index in [1.165, 1.54) is 0 Å². The van der Waals surface area contributed by atoms with Gasteiger partial charge in [0.1, 0.15) is 5.60 Å². The number of halogens is 1. The van der Waals surface area contributed by atoms with E-state index in [9.17, 15) is 4.79 Å². The highest BCUT2D eigenvalue weighted by Gasteiger charge is 2.21. The molecule has 4 heteroatoms. The lowest BCUT2D eigenvalue weighted by molar-refractivity contribution is 0.0490. The molecule has 1 amide bonds. The molecule has 0 saturated carbocycles. The number of ether oxygens (including phenoxy) is 1. The Kier molecular flexibility index (Phi) is 5.88. The zero-order chi connectivity index (χ0) is 15.3. The number of hydrogen-bond acceptors (Lipinski definition) is 2. The van der Waals surface area contributed by atoms with Crippen molar-refractivity contribution >= 4 is 17.7 Å². The van der Waals surface area contributed by atoms with Crippen LogP contribution in [0.15, 0.2) is 24.3 Å². The number of alkyl carbamates (subject to hydrolysis) is 1. The third-order valence-corrected chi connectivity index (χ3v) is 3.13. The molecule has 1 atom stereocenters. The van der Waals surface area contributed by atoms with Gasteiger partial charge in [-0.1, -0.05) is 37.6 Å². The molecule has 1 N–H and O–H groups in total. The Labute approximate surface area is 126 Å². The summed E-state index contributed by atoms with van der Waals surface area (Å²) in [4.78, 5) is 11.9. The molecule has 0 spiro atoms. The predicted molar refractivity (Wildman–Crippen MR) is 83.2 cm³/mol. The van der Waals surface area contributed by atoms with Crippen LogP contribution in [0.1, 0.15) is 40.2 Å². The third kappa shape index (κ3) is 6.29. The first-order valence-corrected chi connectivity index (χ1v) is 7.29. The van der Waals surface area contributed by atoms with Crippen LogP contribution in [-0.4, -0.2) is 17.7 Å². The number of hydrogen-bond donors (Lipinski definition) is 1. The molecule has 0 saturated heterocycles. The zero-order valence-electron chi connectivity index (χ0n) is 12.9. The van der Waals surface area contributed by atoms with E-state index in [0.29, 0.717) is 5.92 Å². The van der Waals surface area contributed by atoms with E-state index in [1.54, 1.807) is 0 Å². The van der Waals surface area contributed by atoms with E-state index in [2.05, 4.69) is 19.2 Å². The smallest absolute Gasteiger partial charge is 0.407 e. The molecule has 1 rings (SSSR count). The molecule has 1 aromatic rings. The molecule has 1 aromatic carbocycles. The Bertz CT molecular complexity index is 435. The minimum Gasteiger partial charge on any atom is -0.444 e. The number of carbonyl (C=O) groups excluding carboxylic acids is 1. The first-order valence-electron chi connectivity index (χ1n) is 6.91. The van der Waals surface area contributed by atoms with Gasteiger partial charge in [-0.3, -0.25) is 0 Å². The van der Waals surface area contributed by atoms with Gasteiger partial charge in [0.2, 0.25) is 0 Å². The summed E-state index contributed by atoms with van der Waals surface area (Å²) in [6.07, 6.45) is 0.388. The number of nitrogens with one attached hydrogen (secondary N) is 1. The fourth-order valence-electron chi connectivity index (χ4n) is 1.79. The topological polar surface area (TPSA) is 38.3 Å². The van der Waals surface area contributed by atoms with Crippen LogP contribution in [0.3, 0.4) is 0 Å². The Morgan fingerprint density at radius 2 is 1.80 bits per heavy atom. The van der Waals surface area contributed by atoms with Gasteiger partial charge in [0.05, 0.1) is 0 Å². The number of amides is 1. The van der Waals surface area contributed by atoms with Crippen molar-refractivity contribution in [3.63, 3.8) is 0 Å². The predicted octanol–water partition coefficient (Wildman–Crippen LogP) is 4.43. The van der Waals surface area contributed by atoms with Crippen molar-refractivity contribution in [2.45, 2.75) is 52.7 Å². The molecule has 112 valence electrons. The Hall–Kier alpha value is -1.22. The van der Waals surface area contributed by atoms with Crippen LogP contribution in [0.2, 0.25) is 5.02 Å². The fraction of sp³-hybridized carbons (Fsp3) is 0.562. The summed E-state index contributed by atoms with van der Waals surface area (Å²) in [7, 11) is 0. The molecule has 0 aliphatic rings. The Balaban J connectivity index is 2.65. The van der Waals surface area contributed by atoms with E-state index in [4.69, 9.17) is 16.3 Å². The number of benzene rings is 1. The van der Waals surface area contributed by atoms with E-state index in [1.807, 2.05) is 45.0 Å². The lowest BCUT2D eigenvalue weighted by Crippen LogP contribution is -2.42. The lowest BCUT2D eigenvalue weighted by Gasteiger charge is -2.26. The van der Waals surface area contributed by atoms with Gasteiger partial charge in [0.15, 0.2) is 0 Å². The summed E-state index contributed by atoms with van der Waals surface area (Å²) < 4.78 is 5.30. The maximum Gasteiger partial charge on any atom is 0.407 e. The van der Waals surface area contributed by atoms with Crippen LogP contribution in [0.4, 0.5) is 4.79 Å². The molecule has 0 aliphatic heterocycles. The lowest BCUT2D eigenvalue weighted by atomic mass is 9.96. The number of rotatable bonds is 4. The minimum atomic E-state index is -0.480. The Morgan fingerprint density at radius 3 is 2.25 bits per heavy atom. The SMILES string of the molecule is CC(C)[C@H](Cc1ccc(Cl)cc1)NC(=O)OC(C)(C)C. The molecule has 20 heavy (non-hydrogen) atoms. The molecule has 0 unspecified atom stereocenters. The quantitative estimate of drug-likeness (QED) is 0.892. The van der Waals surface area contributed by atoms with Crippen molar-refractivity contribution in [2.24, 2.45) is 5.92 Å². The molecule has 0 aliphatic carbocycles. The van der Waals surface area contributed by atoms with E-state index < -0.39 is 5.60 Å². The highest BCUT2D eigenvalue weighted by molar-refractivity contribution is 6.30. The Morgan fingerprint density at radius 1 is 1.25 bits per heavy atom. The summed E-state index contributed by atoms with van der Waals surface area (Å²) in [5.41, 5.74) is 0.662. The highest BCUT2D eigenvalue weighted by Crippen LogP contribution is 2.15. The van der Waals surface area contributed by atoms with Crippen molar-refractivity contribution in [3.05, 3.63) is 34.9 Å². The van der Waals surface area contributed by atoms with Gasteiger partial charge in [-0.05, 0) is 50.8 Å². The van der Waals surface area contributed by atoms with Gasteiger partial charge in [-0.2, -0.15) is 0 Å². The van der Waals surface area contributed by atoms with Crippen molar-refractivity contribution in [1.82, 2.24) is 5.32 Å². The van der Waals surface area contributed by atoms with Crippen LogP contribution in [0.25, 0.3) is 0 Å². The van der Waals surface area contributed by atoms with Gasteiger partial charge in [-0.25, -0.2) is 4.79 Å². The molecule has 0 bridgehead atoms. The van der Waals surface area contributed by atoms with Crippen molar-refractivity contribution in [2.75, 3.05) is 0 Å². The van der Waals surface area contributed by atoms with Crippen molar-refractivity contribution in [3.8, 4) is 0 Å². The summed E-state index contributed by atoms with van der Waals surface area (Å²) in [5, 5.41) is 3.66. The van der Waals surface area contributed by atoms with Gasteiger partial charge < -0.3 is 10.1 Å². The second kappa shape index (κ2) is 6.98. The second-order valence-corrected chi connectivity index (χ2v) is 6.76. The monoisotopic (exact) mass is 297 g/mol. The summed E-state index contributed by atoms with van der Waals surface area (Å²) >= 11 is 5.88. The molecule has 0 fully saturated rings. The fourth-order valence-corrected chi connectivity index (χ4v) is 1.91. The van der Waals surface area contributed by atoms with Crippen LogP contribution >= 0.6 is 11.6 Å². The average Bonchev–Trinajstić information content (AvgIpc) is 2.28. The maximum atomic E-state index is 11.9. The molecule has 3 nitrogen and oxygen atoms in total. The van der Waals surface area contributed by atoms with E-state index >= 15 is 0 Å². The van der Waals surface area contributed by atoms with Gasteiger partial charge >= 0.3 is 6.09 Å². The van der Waals surface area contributed by atoms with Crippen LogP contribution < -0.4 is 5.32 Å². The van der Waals surface area contributed by atoms with E-state index in [0.717, 1.165) is 17.0 Å². The first kappa shape index (κ1) is 16.8. The van der Waals surface area contributed by atoms with Crippen LogP contribution in [0.5, 0.6) is 0 Å². The van der Waals surface area contributed by atoms with E-state index in [-0.39, 0.29) is 12.1 Å². The second-order valence-electron chi connectivity index (χ2n) is 6.33. The largest absolute Gasteiger partial charge is 0.444 e. The average molecular weight is 298 g/mol.